The van der Waals surface area contributed by atoms with Crippen molar-refractivity contribution in [3.8, 4) is 52.4 Å². The van der Waals surface area contributed by atoms with Gasteiger partial charge in [0.1, 0.15) is 0 Å². The second-order valence-electron chi connectivity index (χ2n) is 7.24. The molecule has 7 heteroatoms. The van der Waals surface area contributed by atoms with E-state index in [1.807, 2.05) is 0 Å². The molecule has 36 heavy (non-hydrogen) atoms. The Kier molecular flexibility index (Phi) is 8.69. The summed E-state index contributed by atoms with van der Waals surface area (Å²) >= 11 is 0. The molecule has 0 saturated carbocycles. The third-order valence-electron chi connectivity index (χ3n) is 5.18. The molecular formula is C29H26O7. The number of methoxy groups -OCH3 is 6. The summed E-state index contributed by atoms with van der Waals surface area (Å²) in [6, 6.07) is 13.9. The van der Waals surface area contributed by atoms with Gasteiger partial charge >= 0.3 is 5.97 Å². The summed E-state index contributed by atoms with van der Waals surface area (Å²) < 4.78 is 31.9. The maximum absolute atomic E-state index is 11.7. The smallest absolute Gasteiger partial charge is 0.337 e. The number of esters is 1. The van der Waals surface area contributed by atoms with E-state index in [0.29, 0.717) is 51.0 Å². The minimum atomic E-state index is -0.404. The number of ether oxygens (including phenoxy) is 6. The minimum absolute atomic E-state index is 0.404. The summed E-state index contributed by atoms with van der Waals surface area (Å²) in [6.45, 7) is 0. The van der Waals surface area contributed by atoms with Crippen molar-refractivity contribution in [3.05, 3.63) is 76.3 Å². The summed E-state index contributed by atoms with van der Waals surface area (Å²) in [5.74, 6) is 14.7. The van der Waals surface area contributed by atoms with Crippen molar-refractivity contribution in [1.29, 1.82) is 0 Å². The van der Waals surface area contributed by atoms with Crippen LogP contribution in [-0.4, -0.2) is 48.6 Å². The van der Waals surface area contributed by atoms with Gasteiger partial charge in [0, 0.05) is 34.4 Å². The lowest BCUT2D eigenvalue weighted by Gasteiger charge is -2.12. The van der Waals surface area contributed by atoms with Crippen LogP contribution < -0.4 is 23.7 Å². The molecule has 0 aliphatic heterocycles. The van der Waals surface area contributed by atoms with Gasteiger partial charge in [-0.15, -0.1) is 0 Å². The highest BCUT2D eigenvalue weighted by Gasteiger charge is 2.13. The Hall–Kier alpha value is -4.75. The molecule has 0 fully saturated rings. The van der Waals surface area contributed by atoms with Gasteiger partial charge in [-0.3, -0.25) is 0 Å². The lowest BCUT2D eigenvalue weighted by Crippen LogP contribution is -2.00. The number of hydrogen-bond acceptors (Lipinski definition) is 7. The highest BCUT2D eigenvalue weighted by molar-refractivity contribution is 5.89. The number of hydrogen-bond donors (Lipinski definition) is 0. The molecule has 0 amide bonds. The SMILES string of the molecule is COC(=O)c1ccc(C#Cc2cc(OC)c(OC)cc2C#Cc2cc(OC)c(OC)c(OC)c2)cc1. The second kappa shape index (κ2) is 12.1. The standard InChI is InChI=1S/C29H26O7/c1-31-24-17-22(13-9-19-7-11-21(12-8-19)29(30)36-6)23(18-25(24)32-2)14-10-20-15-26(33-3)28(35-5)27(16-20)34-4/h7-8,11-12,15-18H,1-6H3. The molecule has 0 heterocycles. The molecule has 0 atom stereocenters. The van der Waals surface area contributed by atoms with Crippen LogP contribution in [0.3, 0.4) is 0 Å². The maximum Gasteiger partial charge on any atom is 0.337 e. The zero-order valence-electron chi connectivity index (χ0n) is 21.0. The first kappa shape index (κ1) is 25.9. The molecule has 3 aromatic carbocycles. The van der Waals surface area contributed by atoms with E-state index in [1.165, 1.54) is 7.11 Å². The molecule has 0 saturated heterocycles. The Morgan fingerprint density at radius 1 is 0.556 bits per heavy atom. The van der Waals surface area contributed by atoms with Crippen molar-refractivity contribution in [1.82, 2.24) is 0 Å². The lowest BCUT2D eigenvalue weighted by molar-refractivity contribution is 0.0600. The average molecular weight is 487 g/mol. The largest absolute Gasteiger partial charge is 0.493 e. The van der Waals surface area contributed by atoms with E-state index in [4.69, 9.17) is 28.4 Å². The summed E-state index contributed by atoms with van der Waals surface area (Å²) in [5.41, 5.74) is 3.12. The highest BCUT2D eigenvalue weighted by Crippen LogP contribution is 2.38. The fourth-order valence-electron chi connectivity index (χ4n) is 3.33. The first-order valence-corrected chi connectivity index (χ1v) is 10.8. The Labute approximate surface area is 210 Å². The van der Waals surface area contributed by atoms with Gasteiger partial charge in [-0.2, -0.15) is 0 Å². The summed E-state index contributed by atoms with van der Waals surface area (Å²) in [4.78, 5) is 11.7. The van der Waals surface area contributed by atoms with Crippen LogP contribution in [0.2, 0.25) is 0 Å². The van der Waals surface area contributed by atoms with Crippen molar-refractivity contribution < 1.29 is 33.2 Å². The van der Waals surface area contributed by atoms with Crippen LogP contribution in [0, 0.1) is 23.7 Å². The number of rotatable bonds is 6. The molecule has 0 N–H and O–H groups in total. The van der Waals surface area contributed by atoms with Gasteiger partial charge in [-0.1, -0.05) is 23.7 Å². The van der Waals surface area contributed by atoms with Crippen molar-refractivity contribution in [2.24, 2.45) is 0 Å². The predicted octanol–water partition coefficient (Wildman–Crippen LogP) is 4.32. The second-order valence-corrected chi connectivity index (χ2v) is 7.24. The fourth-order valence-corrected chi connectivity index (χ4v) is 3.33. The van der Waals surface area contributed by atoms with Gasteiger partial charge in [0.15, 0.2) is 23.0 Å². The van der Waals surface area contributed by atoms with Crippen LogP contribution in [0.25, 0.3) is 0 Å². The van der Waals surface area contributed by atoms with Crippen molar-refractivity contribution >= 4 is 5.97 Å². The lowest BCUT2D eigenvalue weighted by atomic mass is 10.0. The molecule has 7 nitrogen and oxygen atoms in total. The third-order valence-corrected chi connectivity index (χ3v) is 5.18. The van der Waals surface area contributed by atoms with Gasteiger partial charge < -0.3 is 28.4 Å². The molecule has 0 aromatic heterocycles. The van der Waals surface area contributed by atoms with Crippen LogP contribution in [-0.2, 0) is 4.74 Å². The number of carbonyl (C=O) groups excluding carboxylic acids is 1. The molecule has 0 aliphatic rings. The first-order chi connectivity index (χ1) is 17.5. The summed E-state index contributed by atoms with van der Waals surface area (Å²) in [7, 11) is 9.10. The van der Waals surface area contributed by atoms with Crippen molar-refractivity contribution in [2.45, 2.75) is 0 Å². The Balaban J connectivity index is 2.07. The molecule has 184 valence electrons. The van der Waals surface area contributed by atoms with Gasteiger partial charge in [0.2, 0.25) is 5.75 Å². The van der Waals surface area contributed by atoms with Crippen molar-refractivity contribution in [3.63, 3.8) is 0 Å². The van der Waals surface area contributed by atoms with Gasteiger partial charge in [-0.25, -0.2) is 4.79 Å². The first-order valence-electron chi connectivity index (χ1n) is 10.8. The molecule has 3 aromatic rings. The van der Waals surface area contributed by atoms with E-state index in [1.54, 1.807) is 84.1 Å². The van der Waals surface area contributed by atoms with E-state index in [0.717, 1.165) is 5.56 Å². The zero-order valence-corrected chi connectivity index (χ0v) is 21.0. The Bertz CT molecular complexity index is 1340. The van der Waals surface area contributed by atoms with E-state index >= 15 is 0 Å². The molecule has 0 unspecified atom stereocenters. The molecule has 0 spiro atoms. The molecular weight excluding hydrogens is 460 g/mol. The topological polar surface area (TPSA) is 72.5 Å². The Morgan fingerprint density at radius 3 is 1.44 bits per heavy atom. The summed E-state index contributed by atoms with van der Waals surface area (Å²) in [5, 5.41) is 0. The normalized spacial score (nSPS) is 9.61. The Morgan fingerprint density at radius 2 is 1.03 bits per heavy atom. The van der Waals surface area contributed by atoms with Crippen LogP contribution in [0.5, 0.6) is 28.7 Å². The highest BCUT2D eigenvalue weighted by atomic mass is 16.5. The monoisotopic (exact) mass is 486 g/mol. The molecule has 0 aliphatic carbocycles. The van der Waals surface area contributed by atoms with Crippen LogP contribution in [0.1, 0.15) is 32.6 Å². The van der Waals surface area contributed by atoms with Gasteiger partial charge in [-0.05, 0) is 36.4 Å². The van der Waals surface area contributed by atoms with Crippen LogP contribution >= 0.6 is 0 Å². The maximum atomic E-state index is 11.7. The van der Waals surface area contributed by atoms with E-state index in [9.17, 15) is 4.79 Å². The molecule has 0 bridgehead atoms. The molecule has 3 rings (SSSR count). The average Bonchev–Trinajstić information content (AvgIpc) is 2.93. The predicted molar refractivity (Wildman–Crippen MR) is 135 cm³/mol. The van der Waals surface area contributed by atoms with Gasteiger partial charge in [0.05, 0.1) is 48.2 Å². The fraction of sp³-hybridized carbons (Fsp3) is 0.207. The molecule has 0 radical (unpaired) electrons. The minimum Gasteiger partial charge on any atom is -0.493 e. The third kappa shape index (κ3) is 5.84. The number of benzene rings is 3. The number of carbonyl (C=O) groups is 1. The van der Waals surface area contributed by atoms with E-state index < -0.39 is 5.97 Å². The van der Waals surface area contributed by atoms with Crippen molar-refractivity contribution in [2.75, 3.05) is 42.7 Å². The van der Waals surface area contributed by atoms with Gasteiger partial charge in [0.25, 0.3) is 0 Å². The summed E-state index contributed by atoms with van der Waals surface area (Å²) in [6.07, 6.45) is 0. The van der Waals surface area contributed by atoms with Crippen LogP contribution in [0.4, 0.5) is 0 Å². The van der Waals surface area contributed by atoms with E-state index in [2.05, 4.69) is 23.7 Å². The zero-order chi connectivity index (χ0) is 26.1. The van der Waals surface area contributed by atoms with Crippen LogP contribution in [0.15, 0.2) is 48.5 Å². The quantitative estimate of drug-likeness (QED) is 0.380. The van der Waals surface area contributed by atoms with E-state index in [-0.39, 0.29) is 0 Å².